The van der Waals surface area contributed by atoms with Crippen LogP contribution >= 0.6 is 0 Å². The zero-order valence-corrected chi connectivity index (χ0v) is 34.3. The van der Waals surface area contributed by atoms with Gasteiger partial charge in [-0.05, 0) is 139 Å². The van der Waals surface area contributed by atoms with E-state index in [1.165, 1.54) is 100 Å². The van der Waals surface area contributed by atoms with Gasteiger partial charge in [0.1, 0.15) is 0 Å². The number of hydrogen-bond donors (Lipinski definition) is 0. The molecule has 0 aliphatic carbocycles. The molecule has 2 unspecified atom stereocenters. The van der Waals surface area contributed by atoms with Crippen LogP contribution in [0.3, 0.4) is 0 Å². The number of benzene rings is 7. The molecule has 0 heteroatoms. The van der Waals surface area contributed by atoms with Crippen molar-refractivity contribution < 1.29 is 0 Å². The second-order valence-electron chi connectivity index (χ2n) is 16.0. The number of hydrogen-bond acceptors (Lipinski definition) is 0. The third-order valence-electron chi connectivity index (χ3n) is 11.3. The maximum atomic E-state index is 2.32. The first-order valence-electron chi connectivity index (χ1n) is 20.0. The van der Waals surface area contributed by atoms with Gasteiger partial charge in [0.25, 0.3) is 0 Å². The Hall–Kier alpha value is -5.98. The molecule has 7 aromatic rings. The SMILES string of the molecule is Cc1ccc(C(c2ccc(C=Cc3cccc(C=Cc4ccc(C(c5ccc(C)cc5)c5c(C)cc(C)cc5C)cc4)c3)cc2)c2c(C)cc(C)cc2C)cc1. The van der Waals surface area contributed by atoms with Crippen molar-refractivity contribution in [3.05, 3.63) is 246 Å². The Morgan fingerprint density at radius 2 is 0.571 bits per heavy atom. The van der Waals surface area contributed by atoms with E-state index in [0.29, 0.717) is 0 Å². The van der Waals surface area contributed by atoms with Crippen molar-refractivity contribution in [1.82, 2.24) is 0 Å². The molecule has 0 spiro atoms. The molecule has 0 N–H and O–H groups in total. The van der Waals surface area contributed by atoms with Crippen LogP contribution in [0.4, 0.5) is 0 Å². The molecule has 0 saturated carbocycles. The second kappa shape index (κ2) is 16.8. The lowest BCUT2D eigenvalue weighted by Gasteiger charge is -2.24. The van der Waals surface area contributed by atoms with Crippen LogP contribution in [-0.2, 0) is 0 Å². The van der Waals surface area contributed by atoms with Crippen LogP contribution in [0.1, 0.15) is 112 Å². The lowest BCUT2D eigenvalue weighted by molar-refractivity contribution is 0.944. The van der Waals surface area contributed by atoms with Crippen LogP contribution in [0.2, 0.25) is 0 Å². The maximum absolute atomic E-state index is 2.32. The molecule has 0 aromatic heterocycles. The minimum Gasteiger partial charge on any atom is -0.0611 e. The van der Waals surface area contributed by atoms with Crippen molar-refractivity contribution in [2.24, 2.45) is 0 Å². The van der Waals surface area contributed by atoms with Gasteiger partial charge >= 0.3 is 0 Å². The zero-order valence-electron chi connectivity index (χ0n) is 34.3. The molecule has 0 aliphatic heterocycles. The second-order valence-corrected chi connectivity index (χ2v) is 16.0. The lowest BCUT2D eigenvalue weighted by Crippen LogP contribution is -2.08. The van der Waals surface area contributed by atoms with Crippen molar-refractivity contribution in [2.45, 2.75) is 67.2 Å². The van der Waals surface area contributed by atoms with Crippen LogP contribution in [0, 0.1) is 55.4 Å². The molecule has 0 heterocycles. The first-order valence-corrected chi connectivity index (χ1v) is 20.0. The van der Waals surface area contributed by atoms with Crippen molar-refractivity contribution in [1.29, 1.82) is 0 Å². The molecule has 0 nitrogen and oxygen atoms in total. The quantitative estimate of drug-likeness (QED) is 0.0972. The first kappa shape index (κ1) is 38.3. The summed E-state index contributed by atoms with van der Waals surface area (Å²) in [5, 5.41) is 0. The van der Waals surface area contributed by atoms with E-state index in [2.05, 4.69) is 225 Å². The van der Waals surface area contributed by atoms with E-state index in [4.69, 9.17) is 0 Å². The van der Waals surface area contributed by atoms with Gasteiger partial charge in [0.05, 0.1) is 0 Å². The highest BCUT2D eigenvalue weighted by Crippen LogP contribution is 2.38. The van der Waals surface area contributed by atoms with Crippen LogP contribution in [0.15, 0.2) is 146 Å². The largest absolute Gasteiger partial charge is 0.0611 e. The molecule has 2 atom stereocenters. The Bertz CT molecular complexity index is 2280. The molecule has 278 valence electrons. The molecular formula is C56H54. The number of aryl methyl sites for hydroxylation is 8. The third kappa shape index (κ3) is 8.77. The minimum absolute atomic E-state index is 0.185. The molecule has 0 saturated heterocycles. The molecule has 56 heavy (non-hydrogen) atoms. The molecule has 0 aliphatic rings. The highest BCUT2D eigenvalue weighted by Gasteiger charge is 2.22. The molecule has 7 rings (SSSR count). The van der Waals surface area contributed by atoms with Gasteiger partial charge < -0.3 is 0 Å². The summed E-state index contributed by atoms with van der Waals surface area (Å²) in [6.07, 6.45) is 8.87. The van der Waals surface area contributed by atoms with E-state index in [1.54, 1.807) is 0 Å². The highest BCUT2D eigenvalue weighted by molar-refractivity contribution is 5.74. The van der Waals surface area contributed by atoms with E-state index in [0.717, 1.165) is 0 Å². The summed E-state index contributed by atoms with van der Waals surface area (Å²) < 4.78 is 0. The fraction of sp³-hybridized carbons (Fsp3) is 0.179. The van der Waals surface area contributed by atoms with E-state index < -0.39 is 0 Å². The average molecular weight is 727 g/mol. The van der Waals surface area contributed by atoms with Crippen LogP contribution in [-0.4, -0.2) is 0 Å². The predicted molar refractivity (Wildman–Crippen MR) is 243 cm³/mol. The predicted octanol–water partition coefficient (Wildman–Crippen LogP) is 14.9. The van der Waals surface area contributed by atoms with Crippen molar-refractivity contribution in [3.8, 4) is 0 Å². The molecular weight excluding hydrogens is 673 g/mol. The van der Waals surface area contributed by atoms with Crippen molar-refractivity contribution in [2.75, 3.05) is 0 Å². The molecule has 0 fully saturated rings. The first-order chi connectivity index (χ1) is 27.0. The monoisotopic (exact) mass is 726 g/mol. The van der Waals surface area contributed by atoms with Crippen LogP contribution in [0.25, 0.3) is 24.3 Å². The minimum atomic E-state index is 0.185. The Labute approximate surface area is 336 Å². The van der Waals surface area contributed by atoms with Gasteiger partial charge in [-0.3, -0.25) is 0 Å². The van der Waals surface area contributed by atoms with Gasteiger partial charge in [0.15, 0.2) is 0 Å². The van der Waals surface area contributed by atoms with Gasteiger partial charge in [0, 0.05) is 11.8 Å². The Kier molecular flexibility index (Phi) is 11.5. The Balaban J connectivity index is 1.09. The van der Waals surface area contributed by atoms with E-state index in [1.807, 2.05) is 0 Å². The summed E-state index contributed by atoms with van der Waals surface area (Å²) in [5.74, 6) is 0.371. The van der Waals surface area contributed by atoms with Crippen LogP contribution in [0.5, 0.6) is 0 Å². The standard InChI is InChI=1S/C56H54/c1-37-12-24-49(25-13-37)55(53-41(5)32-39(3)33-42(53)6)51-28-20-45(21-29-51)16-18-47-10-9-11-48(36-47)19-17-46-22-30-52(31-23-46)56(50-26-14-38(2)15-27-50)54-43(7)34-40(4)35-44(54)8/h9-36,55-56H,1-8H3. The molecule has 0 radical (unpaired) electrons. The fourth-order valence-electron chi connectivity index (χ4n) is 8.61. The zero-order chi connectivity index (χ0) is 39.3. The van der Waals surface area contributed by atoms with Gasteiger partial charge in [-0.1, -0.05) is 186 Å². The summed E-state index contributed by atoms with van der Waals surface area (Å²) in [7, 11) is 0. The van der Waals surface area contributed by atoms with Gasteiger partial charge in [-0.2, -0.15) is 0 Å². The average Bonchev–Trinajstić information content (AvgIpc) is 3.17. The normalized spacial score (nSPS) is 12.7. The summed E-state index contributed by atoms with van der Waals surface area (Å²) >= 11 is 0. The van der Waals surface area contributed by atoms with Gasteiger partial charge in [-0.25, -0.2) is 0 Å². The van der Waals surface area contributed by atoms with Gasteiger partial charge in [0.2, 0.25) is 0 Å². The summed E-state index contributed by atoms with van der Waals surface area (Å²) in [6.45, 7) is 17.7. The van der Waals surface area contributed by atoms with Crippen LogP contribution < -0.4 is 0 Å². The topological polar surface area (TPSA) is 0 Å². The summed E-state index contributed by atoms with van der Waals surface area (Å²) in [5.41, 5.74) is 23.4. The molecule has 7 aromatic carbocycles. The van der Waals surface area contributed by atoms with Crippen molar-refractivity contribution in [3.63, 3.8) is 0 Å². The summed E-state index contributed by atoms with van der Waals surface area (Å²) in [4.78, 5) is 0. The highest BCUT2D eigenvalue weighted by atomic mass is 14.3. The van der Waals surface area contributed by atoms with E-state index in [9.17, 15) is 0 Å². The Morgan fingerprint density at radius 1 is 0.286 bits per heavy atom. The fourth-order valence-corrected chi connectivity index (χ4v) is 8.61. The van der Waals surface area contributed by atoms with E-state index in [-0.39, 0.29) is 11.8 Å². The Morgan fingerprint density at radius 3 is 0.893 bits per heavy atom. The maximum Gasteiger partial charge on any atom is 0.0345 e. The molecule has 0 bridgehead atoms. The van der Waals surface area contributed by atoms with E-state index >= 15 is 0 Å². The lowest BCUT2D eigenvalue weighted by atomic mass is 9.80. The smallest absolute Gasteiger partial charge is 0.0345 e. The van der Waals surface area contributed by atoms with Crippen molar-refractivity contribution >= 4 is 24.3 Å². The number of rotatable bonds is 10. The van der Waals surface area contributed by atoms with Gasteiger partial charge in [-0.15, -0.1) is 0 Å². The third-order valence-corrected chi connectivity index (χ3v) is 11.3. The summed E-state index contributed by atoms with van der Waals surface area (Å²) in [6, 6.07) is 54.3. The molecule has 0 amide bonds.